The maximum Gasteiger partial charge on any atom is 0.243 e. The molecule has 0 spiro atoms. The van der Waals surface area contributed by atoms with Crippen LogP contribution in [-0.4, -0.2) is 57.8 Å². The summed E-state index contributed by atoms with van der Waals surface area (Å²) in [5.74, 6) is 1.14. The normalized spacial score (nSPS) is 12.0. The van der Waals surface area contributed by atoms with E-state index in [0.717, 1.165) is 30.0 Å². The molecule has 158 valence electrons. The van der Waals surface area contributed by atoms with E-state index in [1.54, 1.807) is 7.11 Å². The Morgan fingerprint density at radius 1 is 1.13 bits per heavy atom. The fourth-order valence-electron chi connectivity index (χ4n) is 3.38. The molecule has 30 heavy (non-hydrogen) atoms. The fraction of sp³-hybridized carbons (Fsp3) is 0.364. The van der Waals surface area contributed by atoms with Crippen LogP contribution < -0.4 is 10.1 Å². The zero-order valence-corrected chi connectivity index (χ0v) is 17.7. The average Bonchev–Trinajstić information content (AvgIpc) is 3.25. The number of tetrazole rings is 1. The molecule has 0 aliphatic carbocycles. The van der Waals surface area contributed by atoms with Crippen molar-refractivity contribution in [1.29, 1.82) is 0 Å². The first-order valence-electron chi connectivity index (χ1n) is 10.1. The van der Waals surface area contributed by atoms with E-state index in [4.69, 9.17) is 4.74 Å². The summed E-state index contributed by atoms with van der Waals surface area (Å²) in [7, 11) is 1.65. The Kier molecular flexibility index (Phi) is 7.51. The second-order valence-electron chi connectivity index (χ2n) is 6.83. The highest BCUT2D eigenvalue weighted by molar-refractivity contribution is 5.75. The highest BCUT2D eigenvalue weighted by atomic mass is 16.5. The summed E-state index contributed by atoms with van der Waals surface area (Å²) in [6.07, 6.45) is 0. The molecular formula is C22H28N6O2. The summed E-state index contributed by atoms with van der Waals surface area (Å²) in [6, 6.07) is 17.6. The topological polar surface area (TPSA) is 85.2 Å². The molecule has 1 aromatic heterocycles. The first-order valence-corrected chi connectivity index (χ1v) is 10.1. The third-order valence-electron chi connectivity index (χ3n) is 4.99. The van der Waals surface area contributed by atoms with E-state index in [1.165, 1.54) is 4.80 Å². The number of hydrogen-bond donors (Lipinski definition) is 1. The van der Waals surface area contributed by atoms with E-state index < -0.39 is 0 Å². The molecule has 8 nitrogen and oxygen atoms in total. The predicted octanol–water partition coefficient (Wildman–Crippen LogP) is 2.55. The summed E-state index contributed by atoms with van der Waals surface area (Å²) in [5, 5.41) is 15.3. The predicted molar refractivity (Wildman–Crippen MR) is 115 cm³/mol. The molecule has 1 atom stereocenters. The van der Waals surface area contributed by atoms with Crippen LogP contribution in [0, 0.1) is 0 Å². The highest BCUT2D eigenvalue weighted by Gasteiger charge is 2.20. The van der Waals surface area contributed by atoms with E-state index in [9.17, 15) is 4.79 Å². The molecule has 0 aliphatic rings. The van der Waals surface area contributed by atoms with Gasteiger partial charge in [0.2, 0.25) is 11.7 Å². The molecule has 1 N–H and O–H groups in total. The minimum absolute atomic E-state index is 0.0168. The standard InChI is InChI=1S/C22H28N6O2/c1-4-27(5-2)20(18-12-9-13-19(14-18)30-3)15-23-21(29)16-28-25-22(24-26-28)17-10-7-6-8-11-17/h6-14,20H,4-5,15-16H2,1-3H3,(H,23,29). The molecule has 0 fully saturated rings. The van der Waals surface area contributed by atoms with Crippen LogP contribution in [0.15, 0.2) is 54.6 Å². The van der Waals surface area contributed by atoms with Crippen molar-refractivity contribution < 1.29 is 9.53 Å². The minimum Gasteiger partial charge on any atom is -0.497 e. The molecule has 0 bridgehead atoms. The lowest BCUT2D eigenvalue weighted by atomic mass is 10.0. The Morgan fingerprint density at radius 3 is 2.60 bits per heavy atom. The van der Waals surface area contributed by atoms with Crippen LogP contribution in [0.2, 0.25) is 0 Å². The van der Waals surface area contributed by atoms with Gasteiger partial charge in [0.1, 0.15) is 12.3 Å². The molecule has 1 unspecified atom stereocenters. The van der Waals surface area contributed by atoms with Crippen LogP contribution >= 0.6 is 0 Å². The van der Waals surface area contributed by atoms with Crippen molar-refractivity contribution in [1.82, 2.24) is 30.4 Å². The molecule has 3 rings (SSSR count). The van der Waals surface area contributed by atoms with Gasteiger partial charge in [-0.15, -0.1) is 10.2 Å². The maximum absolute atomic E-state index is 12.5. The van der Waals surface area contributed by atoms with E-state index >= 15 is 0 Å². The Hall–Kier alpha value is -3.26. The molecule has 8 heteroatoms. The van der Waals surface area contributed by atoms with Crippen molar-refractivity contribution in [3.8, 4) is 17.1 Å². The maximum atomic E-state index is 12.5. The third-order valence-corrected chi connectivity index (χ3v) is 4.99. The van der Waals surface area contributed by atoms with E-state index in [-0.39, 0.29) is 18.5 Å². The molecular weight excluding hydrogens is 380 g/mol. The van der Waals surface area contributed by atoms with Gasteiger partial charge in [0, 0.05) is 12.1 Å². The van der Waals surface area contributed by atoms with Crippen molar-refractivity contribution in [2.24, 2.45) is 0 Å². The number of nitrogens with zero attached hydrogens (tertiary/aromatic N) is 5. The Morgan fingerprint density at radius 2 is 1.90 bits per heavy atom. The second kappa shape index (κ2) is 10.5. The molecule has 0 saturated heterocycles. The van der Waals surface area contributed by atoms with Gasteiger partial charge in [-0.25, -0.2) is 0 Å². The Bertz CT molecular complexity index is 940. The Labute approximate surface area is 176 Å². The molecule has 0 aliphatic heterocycles. The molecule has 0 radical (unpaired) electrons. The summed E-state index contributed by atoms with van der Waals surface area (Å²) in [6.45, 7) is 6.47. The van der Waals surface area contributed by atoms with E-state index in [1.807, 2.05) is 48.5 Å². The van der Waals surface area contributed by atoms with Crippen molar-refractivity contribution in [2.45, 2.75) is 26.4 Å². The largest absolute Gasteiger partial charge is 0.497 e. The zero-order chi connectivity index (χ0) is 21.3. The van der Waals surface area contributed by atoms with Crippen LogP contribution in [0.5, 0.6) is 5.75 Å². The summed E-state index contributed by atoms with van der Waals surface area (Å²) >= 11 is 0. The lowest BCUT2D eigenvalue weighted by Crippen LogP contribution is -2.39. The molecule has 2 aromatic carbocycles. The van der Waals surface area contributed by atoms with Crippen molar-refractivity contribution >= 4 is 5.91 Å². The third kappa shape index (κ3) is 5.42. The summed E-state index contributed by atoms with van der Waals surface area (Å²) < 4.78 is 5.36. The van der Waals surface area contributed by atoms with Gasteiger partial charge < -0.3 is 10.1 Å². The lowest BCUT2D eigenvalue weighted by Gasteiger charge is -2.30. The van der Waals surface area contributed by atoms with Crippen LogP contribution in [0.4, 0.5) is 0 Å². The van der Waals surface area contributed by atoms with Gasteiger partial charge in [0.05, 0.1) is 13.2 Å². The van der Waals surface area contributed by atoms with Gasteiger partial charge in [-0.3, -0.25) is 9.69 Å². The lowest BCUT2D eigenvalue weighted by molar-refractivity contribution is -0.122. The number of carbonyl (C=O) groups is 1. The zero-order valence-electron chi connectivity index (χ0n) is 17.7. The number of ether oxygens (including phenoxy) is 1. The van der Waals surface area contributed by atoms with Crippen LogP contribution in [-0.2, 0) is 11.3 Å². The Balaban J connectivity index is 1.65. The fourth-order valence-corrected chi connectivity index (χ4v) is 3.38. The van der Waals surface area contributed by atoms with Crippen LogP contribution in [0.1, 0.15) is 25.5 Å². The number of carbonyl (C=O) groups excluding carboxylic acids is 1. The smallest absolute Gasteiger partial charge is 0.243 e. The average molecular weight is 409 g/mol. The number of methoxy groups -OCH3 is 1. The van der Waals surface area contributed by atoms with Gasteiger partial charge in [-0.2, -0.15) is 4.80 Å². The van der Waals surface area contributed by atoms with Crippen LogP contribution in [0.25, 0.3) is 11.4 Å². The number of hydrogen-bond acceptors (Lipinski definition) is 6. The van der Waals surface area contributed by atoms with Crippen molar-refractivity contribution in [3.05, 3.63) is 60.2 Å². The van der Waals surface area contributed by atoms with Gasteiger partial charge in [-0.05, 0) is 36.0 Å². The van der Waals surface area contributed by atoms with E-state index in [2.05, 4.69) is 45.5 Å². The molecule has 1 amide bonds. The number of amides is 1. The summed E-state index contributed by atoms with van der Waals surface area (Å²) in [4.78, 5) is 16.2. The van der Waals surface area contributed by atoms with Crippen molar-refractivity contribution in [3.63, 3.8) is 0 Å². The van der Waals surface area contributed by atoms with Gasteiger partial charge in [0.25, 0.3) is 0 Å². The molecule has 3 aromatic rings. The van der Waals surface area contributed by atoms with Gasteiger partial charge in [0.15, 0.2) is 0 Å². The van der Waals surface area contributed by atoms with Crippen LogP contribution in [0.3, 0.4) is 0 Å². The number of nitrogens with one attached hydrogen (secondary N) is 1. The molecule has 0 saturated carbocycles. The highest BCUT2D eigenvalue weighted by Crippen LogP contribution is 2.23. The second-order valence-corrected chi connectivity index (χ2v) is 6.83. The summed E-state index contributed by atoms with van der Waals surface area (Å²) in [5.41, 5.74) is 1.97. The first-order chi connectivity index (χ1) is 14.6. The minimum atomic E-state index is -0.160. The number of benzene rings is 2. The molecule has 1 heterocycles. The SMILES string of the molecule is CCN(CC)C(CNC(=O)Cn1nnc(-c2ccccc2)n1)c1cccc(OC)c1. The monoisotopic (exact) mass is 408 g/mol. The van der Waals surface area contributed by atoms with Gasteiger partial charge in [-0.1, -0.05) is 56.3 Å². The van der Waals surface area contributed by atoms with Crippen molar-refractivity contribution in [2.75, 3.05) is 26.7 Å². The van der Waals surface area contributed by atoms with Gasteiger partial charge >= 0.3 is 0 Å². The number of likely N-dealkylation sites (N-methyl/N-ethyl adjacent to an activating group) is 1. The first kappa shape index (κ1) is 21.4. The number of aromatic nitrogens is 4. The quantitative estimate of drug-likeness (QED) is 0.555. The van der Waals surface area contributed by atoms with E-state index in [0.29, 0.717) is 12.4 Å². The number of rotatable bonds is 10.